The summed E-state index contributed by atoms with van der Waals surface area (Å²) in [6.07, 6.45) is 1.76. The smallest absolute Gasteiger partial charge is 0.328 e. The SMILES string of the molecule is COCCc1cc(-c2ccc(F)c3ccccc23)nc(N)n1.O=C(O)C=CC(=O)O. The number of nitrogen functional groups attached to an aromatic ring is 1. The van der Waals surface area contributed by atoms with E-state index in [0.29, 0.717) is 36.3 Å². The number of fused-ring (bicyclic) bond motifs is 1. The van der Waals surface area contributed by atoms with E-state index in [0.717, 1.165) is 16.6 Å². The Bertz CT molecular complexity index is 1070. The van der Waals surface area contributed by atoms with Gasteiger partial charge in [0.2, 0.25) is 5.95 Å². The number of hydrogen-bond donors (Lipinski definition) is 3. The second-order valence-corrected chi connectivity index (χ2v) is 6.00. The van der Waals surface area contributed by atoms with Gasteiger partial charge in [-0.15, -0.1) is 0 Å². The van der Waals surface area contributed by atoms with Crippen molar-refractivity contribution < 1.29 is 28.9 Å². The Morgan fingerprint density at radius 3 is 2.30 bits per heavy atom. The highest BCUT2D eigenvalue weighted by Gasteiger charge is 2.10. The van der Waals surface area contributed by atoms with Crippen molar-refractivity contribution in [2.45, 2.75) is 6.42 Å². The van der Waals surface area contributed by atoms with Gasteiger partial charge in [0.15, 0.2) is 0 Å². The first-order valence-electron chi connectivity index (χ1n) is 8.75. The molecule has 4 N–H and O–H groups in total. The lowest BCUT2D eigenvalue weighted by atomic mass is 10.0. The quantitative estimate of drug-likeness (QED) is 0.525. The highest BCUT2D eigenvalue weighted by atomic mass is 19.1. The summed E-state index contributed by atoms with van der Waals surface area (Å²) in [5.74, 6) is -2.56. The van der Waals surface area contributed by atoms with Gasteiger partial charge in [0.25, 0.3) is 0 Å². The fourth-order valence-corrected chi connectivity index (χ4v) is 2.62. The molecular weight excluding hydrogens is 393 g/mol. The summed E-state index contributed by atoms with van der Waals surface area (Å²) in [6.45, 7) is 0.556. The molecule has 0 atom stereocenters. The van der Waals surface area contributed by atoms with Gasteiger partial charge in [0.1, 0.15) is 5.82 Å². The van der Waals surface area contributed by atoms with Crippen LogP contribution in [0.4, 0.5) is 10.3 Å². The number of carboxylic acid groups (broad SMARTS) is 2. The van der Waals surface area contributed by atoms with Gasteiger partial charge in [-0.05, 0) is 23.6 Å². The van der Waals surface area contributed by atoms with Crippen LogP contribution in [0.1, 0.15) is 5.69 Å². The molecule has 8 nitrogen and oxygen atoms in total. The molecule has 0 aliphatic rings. The lowest BCUT2D eigenvalue weighted by molar-refractivity contribution is -0.134. The normalized spacial score (nSPS) is 10.6. The molecule has 0 bridgehead atoms. The van der Waals surface area contributed by atoms with E-state index in [2.05, 4.69) is 9.97 Å². The fourth-order valence-electron chi connectivity index (χ4n) is 2.62. The van der Waals surface area contributed by atoms with Gasteiger partial charge >= 0.3 is 11.9 Å². The highest BCUT2D eigenvalue weighted by molar-refractivity contribution is 5.96. The van der Waals surface area contributed by atoms with Crippen molar-refractivity contribution >= 4 is 28.7 Å². The van der Waals surface area contributed by atoms with Gasteiger partial charge in [0, 0.05) is 42.3 Å². The number of rotatable bonds is 6. The van der Waals surface area contributed by atoms with E-state index in [1.165, 1.54) is 6.07 Å². The largest absolute Gasteiger partial charge is 0.478 e. The van der Waals surface area contributed by atoms with Crippen LogP contribution in [0.25, 0.3) is 22.0 Å². The van der Waals surface area contributed by atoms with Gasteiger partial charge < -0.3 is 20.7 Å². The number of methoxy groups -OCH3 is 1. The van der Waals surface area contributed by atoms with Crippen molar-refractivity contribution in [3.05, 3.63) is 66.1 Å². The predicted molar refractivity (Wildman–Crippen MR) is 109 cm³/mol. The first-order valence-corrected chi connectivity index (χ1v) is 8.75. The van der Waals surface area contributed by atoms with Crippen molar-refractivity contribution in [2.75, 3.05) is 19.5 Å². The number of hydrogen-bond acceptors (Lipinski definition) is 6. The molecule has 0 amide bonds. The van der Waals surface area contributed by atoms with Gasteiger partial charge in [-0.3, -0.25) is 0 Å². The maximum atomic E-state index is 13.9. The Balaban J connectivity index is 0.000000343. The molecule has 0 aliphatic carbocycles. The Morgan fingerprint density at radius 2 is 1.70 bits per heavy atom. The monoisotopic (exact) mass is 413 g/mol. The first kappa shape index (κ1) is 22.4. The van der Waals surface area contributed by atoms with Crippen LogP contribution in [0.15, 0.2) is 54.6 Å². The number of carbonyl (C=O) groups is 2. The van der Waals surface area contributed by atoms with E-state index < -0.39 is 11.9 Å². The van der Waals surface area contributed by atoms with Gasteiger partial charge in [0.05, 0.1) is 12.3 Å². The summed E-state index contributed by atoms with van der Waals surface area (Å²) in [5, 5.41) is 17.0. The minimum absolute atomic E-state index is 0.206. The molecule has 30 heavy (non-hydrogen) atoms. The molecule has 3 rings (SSSR count). The van der Waals surface area contributed by atoms with E-state index in [4.69, 9.17) is 20.7 Å². The Labute approximate surface area is 171 Å². The second-order valence-electron chi connectivity index (χ2n) is 6.00. The zero-order chi connectivity index (χ0) is 22.1. The molecule has 0 radical (unpaired) electrons. The summed E-state index contributed by atoms with van der Waals surface area (Å²) in [6, 6.07) is 12.4. The van der Waals surface area contributed by atoms with Gasteiger partial charge in [-0.25, -0.2) is 23.9 Å². The summed E-state index contributed by atoms with van der Waals surface area (Å²) in [4.78, 5) is 27.6. The van der Waals surface area contributed by atoms with Crippen LogP contribution in [0.3, 0.4) is 0 Å². The molecule has 0 fully saturated rings. The van der Waals surface area contributed by atoms with E-state index in [1.54, 1.807) is 19.2 Å². The zero-order valence-corrected chi connectivity index (χ0v) is 16.1. The van der Waals surface area contributed by atoms with Crippen LogP contribution in [-0.2, 0) is 20.7 Å². The molecule has 0 spiro atoms. The maximum absolute atomic E-state index is 13.9. The molecule has 0 saturated heterocycles. The molecule has 3 aromatic rings. The molecule has 9 heteroatoms. The molecular formula is C21H20FN3O5. The maximum Gasteiger partial charge on any atom is 0.328 e. The number of nitrogens with zero attached hydrogens (tertiary/aromatic N) is 2. The number of nitrogens with two attached hydrogens (primary N) is 1. The number of halogens is 1. The highest BCUT2D eigenvalue weighted by Crippen LogP contribution is 2.29. The Hall–Kier alpha value is -3.85. The summed E-state index contributed by atoms with van der Waals surface area (Å²) >= 11 is 0. The average Bonchev–Trinajstić information content (AvgIpc) is 2.71. The number of anilines is 1. The second kappa shape index (κ2) is 10.6. The summed E-state index contributed by atoms with van der Waals surface area (Å²) < 4.78 is 19.0. The summed E-state index contributed by atoms with van der Waals surface area (Å²) in [7, 11) is 1.64. The summed E-state index contributed by atoms with van der Waals surface area (Å²) in [5.41, 5.74) is 8.14. The van der Waals surface area contributed by atoms with Crippen LogP contribution in [0.2, 0.25) is 0 Å². The number of aromatic nitrogens is 2. The number of ether oxygens (including phenoxy) is 1. The lowest BCUT2D eigenvalue weighted by Gasteiger charge is -2.09. The standard InChI is InChI=1S/C17H16FN3O.C4H4O4/c1-22-9-8-11-10-16(21-17(19)20-11)14-6-7-15(18)13-5-3-2-4-12(13)14;5-3(6)1-2-4(7)8/h2-7,10H,8-9H2,1H3,(H2,19,20,21);1-2H,(H,5,6)(H,7,8). The van der Waals surface area contributed by atoms with Crippen LogP contribution in [-0.4, -0.2) is 45.8 Å². The molecule has 1 aromatic heterocycles. The third kappa shape index (κ3) is 6.35. The van der Waals surface area contributed by atoms with E-state index in [1.807, 2.05) is 24.3 Å². The minimum atomic E-state index is -1.26. The lowest BCUT2D eigenvalue weighted by Crippen LogP contribution is -2.04. The van der Waals surface area contributed by atoms with Crippen LogP contribution in [0.5, 0.6) is 0 Å². The Morgan fingerprint density at radius 1 is 1.07 bits per heavy atom. The number of carboxylic acids is 2. The van der Waals surface area contributed by atoms with E-state index in [9.17, 15) is 14.0 Å². The molecule has 0 saturated carbocycles. The molecule has 0 aliphatic heterocycles. The van der Waals surface area contributed by atoms with Crippen molar-refractivity contribution in [2.24, 2.45) is 0 Å². The fraction of sp³-hybridized carbons (Fsp3) is 0.143. The number of aliphatic carboxylic acids is 2. The van der Waals surface area contributed by atoms with Crippen LogP contribution < -0.4 is 5.73 Å². The van der Waals surface area contributed by atoms with Crippen LogP contribution in [0, 0.1) is 5.82 Å². The topological polar surface area (TPSA) is 136 Å². The van der Waals surface area contributed by atoms with E-state index in [-0.39, 0.29) is 11.8 Å². The van der Waals surface area contributed by atoms with Crippen molar-refractivity contribution in [3.63, 3.8) is 0 Å². The Kier molecular flexibility index (Phi) is 7.95. The molecule has 1 heterocycles. The number of benzene rings is 2. The van der Waals surface area contributed by atoms with E-state index >= 15 is 0 Å². The zero-order valence-electron chi connectivity index (χ0n) is 16.1. The van der Waals surface area contributed by atoms with Crippen molar-refractivity contribution in [1.82, 2.24) is 9.97 Å². The first-order chi connectivity index (χ1) is 14.3. The minimum Gasteiger partial charge on any atom is -0.478 e. The van der Waals surface area contributed by atoms with Crippen LogP contribution >= 0.6 is 0 Å². The van der Waals surface area contributed by atoms with Gasteiger partial charge in [-0.2, -0.15) is 0 Å². The third-order valence-corrected chi connectivity index (χ3v) is 3.87. The average molecular weight is 413 g/mol. The third-order valence-electron chi connectivity index (χ3n) is 3.87. The predicted octanol–water partition coefficient (Wildman–Crippen LogP) is 2.92. The van der Waals surface area contributed by atoms with Crippen molar-refractivity contribution in [3.8, 4) is 11.3 Å². The molecule has 0 unspecified atom stereocenters. The molecule has 2 aromatic carbocycles. The van der Waals surface area contributed by atoms with Crippen molar-refractivity contribution in [1.29, 1.82) is 0 Å². The molecule has 156 valence electrons. The van der Waals surface area contributed by atoms with Gasteiger partial charge in [-0.1, -0.05) is 24.3 Å².